The lowest BCUT2D eigenvalue weighted by Gasteiger charge is -2.24. The number of hydrogen-bond acceptors (Lipinski definition) is 3. The first-order valence-electron chi connectivity index (χ1n) is 5.78. The predicted octanol–water partition coefficient (Wildman–Crippen LogP) is 2.01. The van der Waals surface area contributed by atoms with Crippen LogP contribution in [0.25, 0.3) is 0 Å². The van der Waals surface area contributed by atoms with Gasteiger partial charge >= 0.3 is 0 Å². The average molecular weight is 269 g/mol. The van der Waals surface area contributed by atoms with Crippen molar-refractivity contribution in [2.75, 3.05) is 6.26 Å². The molecule has 0 bridgehead atoms. The maximum absolute atomic E-state index is 11.9. The second-order valence-electron chi connectivity index (χ2n) is 4.99. The summed E-state index contributed by atoms with van der Waals surface area (Å²) in [5.41, 5.74) is 0.191. The molecule has 0 radical (unpaired) electrons. The first-order valence-corrected chi connectivity index (χ1v) is 7.67. The zero-order valence-electron chi connectivity index (χ0n) is 11.1. The van der Waals surface area contributed by atoms with Gasteiger partial charge in [-0.15, -0.1) is 0 Å². The standard InChI is InChI=1S/C13H19NO3S/c1-5-13(2,3)14-12(15)10-6-8-11(9-7-10)18(4,16)17/h6-9H,5H2,1-4H3,(H,14,15). The molecule has 0 aliphatic carbocycles. The van der Waals surface area contributed by atoms with Crippen molar-refractivity contribution in [3.8, 4) is 0 Å². The van der Waals surface area contributed by atoms with Crippen LogP contribution in [0.3, 0.4) is 0 Å². The molecule has 0 aliphatic heterocycles. The summed E-state index contributed by atoms with van der Waals surface area (Å²) in [7, 11) is -3.22. The van der Waals surface area contributed by atoms with Crippen molar-refractivity contribution in [3.63, 3.8) is 0 Å². The highest BCUT2D eigenvalue weighted by Crippen LogP contribution is 2.12. The lowest BCUT2D eigenvalue weighted by molar-refractivity contribution is 0.0911. The first kappa shape index (κ1) is 14.7. The highest BCUT2D eigenvalue weighted by molar-refractivity contribution is 7.90. The molecule has 5 heteroatoms. The Hall–Kier alpha value is -1.36. The number of sulfone groups is 1. The van der Waals surface area contributed by atoms with Gasteiger partial charge in [-0.1, -0.05) is 6.92 Å². The molecule has 0 unspecified atom stereocenters. The number of nitrogens with one attached hydrogen (secondary N) is 1. The van der Waals surface area contributed by atoms with Crippen LogP contribution in [-0.2, 0) is 9.84 Å². The normalized spacial score (nSPS) is 12.2. The number of amides is 1. The number of carbonyl (C=O) groups excluding carboxylic acids is 1. The Morgan fingerprint density at radius 2 is 1.72 bits per heavy atom. The second kappa shape index (κ2) is 5.10. The maximum atomic E-state index is 11.9. The third-order valence-corrected chi connectivity index (χ3v) is 4.01. The van der Waals surface area contributed by atoms with Crippen LogP contribution in [0.15, 0.2) is 29.2 Å². The van der Waals surface area contributed by atoms with E-state index in [0.717, 1.165) is 12.7 Å². The molecule has 0 saturated carbocycles. The minimum absolute atomic E-state index is 0.193. The van der Waals surface area contributed by atoms with Gasteiger partial charge in [-0.3, -0.25) is 4.79 Å². The number of hydrogen-bond donors (Lipinski definition) is 1. The number of rotatable bonds is 4. The molecule has 1 aromatic carbocycles. The molecule has 4 nitrogen and oxygen atoms in total. The highest BCUT2D eigenvalue weighted by Gasteiger charge is 2.19. The first-order chi connectivity index (χ1) is 8.15. The Morgan fingerprint density at radius 1 is 1.22 bits per heavy atom. The fraction of sp³-hybridized carbons (Fsp3) is 0.462. The van der Waals surface area contributed by atoms with Gasteiger partial charge < -0.3 is 5.32 Å². The van der Waals surface area contributed by atoms with E-state index in [1.807, 2.05) is 20.8 Å². The SMILES string of the molecule is CCC(C)(C)NC(=O)c1ccc(S(C)(=O)=O)cc1. The van der Waals surface area contributed by atoms with E-state index in [-0.39, 0.29) is 16.3 Å². The number of carbonyl (C=O) groups is 1. The monoisotopic (exact) mass is 269 g/mol. The summed E-state index contributed by atoms with van der Waals surface area (Å²) in [6.45, 7) is 5.87. The second-order valence-corrected chi connectivity index (χ2v) is 7.00. The molecule has 0 fully saturated rings. The summed E-state index contributed by atoms with van der Waals surface area (Å²) in [6, 6.07) is 5.95. The van der Waals surface area contributed by atoms with Crippen LogP contribution in [0.2, 0.25) is 0 Å². The Morgan fingerprint density at radius 3 is 2.11 bits per heavy atom. The molecule has 1 rings (SSSR count). The van der Waals surface area contributed by atoms with E-state index in [1.54, 1.807) is 0 Å². The summed E-state index contributed by atoms with van der Waals surface area (Å²) in [5, 5.41) is 2.89. The minimum atomic E-state index is -3.22. The molecule has 0 spiro atoms. The van der Waals surface area contributed by atoms with E-state index in [2.05, 4.69) is 5.32 Å². The van der Waals surface area contributed by atoms with Crippen LogP contribution < -0.4 is 5.32 Å². The van der Waals surface area contributed by atoms with Gasteiger partial charge in [-0.05, 0) is 44.5 Å². The molecule has 0 aliphatic rings. The zero-order chi connectivity index (χ0) is 14.0. The molecule has 100 valence electrons. The molecular weight excluding hydrogens is 250 g/mol. The fourth-order valence-corrected chi connectivity index (χ4v) is 1.95. The van der Waals surface area contributed by atoms with Gasteiger partial charge in [0.05, 0.1) is 4.90 Å². The van der Waals surface area contributed by atoms with E-state index in [1.165, 1.54) is 24.3 Å². The molecule has 18 heavy (non-hydrogen) atoms. The van der Waals surface area contributed by atoms with Crippen molar-refractivity contribution >= 4 is 15.7 Å². The van der Waals surface area contributed by atoms with Crippen molar-refractivity contribution in [1.29, 1.82) is 0 Å². The van der Waals surface area contributed by atoms with Crippen molar-refractivity contribution in [2.24, 2.45) is 0 Å². The van der Waals surface area contributed by atoms with Gasteiger partial charge in [-0.2, -0.15) is 0 Å². The molecule has 1 aromatic rings. The van der Waals surface area contributed by atoms with Crippen molar-refractivity contribution in [2.45, 2.75) is 37.6 Å². The molecular formula is C13H19NO3S. The third-order valence-electron chi connectivity index (χ3n) is 2.88. The minimum Gasteiger partial charge on any atom is -0.347 e. The quantitative estimate of drug-likeness (QED) is 0.909. The predicted molar refractivity (Wildman–Crippen MR) is 71.4 cm³/mol. The van der Waals surface area contributed by atoms with Gasteiger partial charge in [0.25, 0.3) is 5.91 Å². The zero-order valence-corrected chi connectivity index (χ0v) is 12.0. The third kappa shape index (κ3) is 3.84. The Bertz CT molecular complexity index is 530. The maximum Gasteiger partial charge on any atom is 0.251 e. The van der Waals surface area contributed by atoms with Crippen LogP contribution in [-0.4, -0.2) is 26.1 Å². The van der Waals surface area contributed by atoms with Crippen LogP contribution in [0.5, 0.6) is 0 Å². The Balaban J connectivity index is 2.90. The van der Waals surface area contributed by atoms with Crippen LogP contribution in [0.1, 0.15) is 37.6 Å². The Kier molecular flexibility index (Phi) is 4.16. The summed E-state index contributed by atoms with van der Waals surface area (Å²) < 4.78 is 22.6. The summed E-state index contributed by atoms with van der Waals surface area (Å²) in [5.74, 6) is -0.193. The van der Waals surface area contributed by atoms with Crippen molar-refractivity contribution in [3.05, 3.63) is 29.8 Å². The summed E-state index contributed by atoms with van der Waals surface area (Å²) >= 11 is 0. The number of benzene rings is 1. The fourth-order valence-electron chi connectivity index (χ4n) is 1.32. The molecule has 0 atom stereocenters. The van der Waals surface area contributed by atoms with Crippen LogP contribution >= 0.6 is 0 Å². The lowest BCUT2D eigenvalue weighted by Crippen LogP contribution is -2.42. The lowest BCUT2D eigenvalue weighted by atomic mass is 10.0. The van der Waals surface area contributed by atoms with Gasteiger partial charge in [0.1, 0.15) is 0 Å². The van der Waals surface area contributed by atoms with E-state index >= 15 is 0 Å². The van der Waals surface area contributed by atoms with E-state index in [4.69, 9.17) is 0 Å². The van der Waals surface area contributed by atoms with Gasteiger partial charge in [0, 0.05) is 17.4 Å². The summed E-state index contributed by atoms with van der Waals surface area (Å²) in [6.07, 6.45) is 1.96. The largest absolute Gasteiger partial charge is 0.347 e. The highest BCUT2D eigenvalue weighted by atomic mass is 32.2. The average Bonchev–Trinajstić information content (AvgIpc) is 2.27. The van der Waals surface area contributed by atoms with Crippen molar-refractivity contribution in [1.82, 2.24) is 5.32 Å². The molecule has 0 aromatic heterocycles. The molecule has 0 saturated heterocycles. The Labute approximate surface area is 108 Å². The molecule has 1 amide bonds. The van der Waals surface area contributed by atoms with Gasteiger partial charge in [0.15, 0.2) is 9.84 Å². The summed E-state index contributed by atoms with van der Waals surface area (Å²) in [4.78, 5) is 12.1. The van der Waals surface area contributed by atoms with E-state index < -0.39 is 9.84 Å². The molecule has 1 N–H and O–H groups in total. The van der Waals surface area contributed by atoms with E-state index in [0.29, 0.717) is 5.56 Å². The van der Waals surface area contributed by atoms with Crippen LogP contribution in [0.4, 0.5) is 0 Å². The van der Waals surface area contributed by atoms with Crippen molar-refractivity contribution < 1.29 is 13.2 Å². The van der Waals surface area contributed by atoms with Crippen LogP contribution in [0, 0.1) is 0 Å². The van der Waals surface area contributed by atoms with Gasteiger partial charge in [0.2, 0.25) is 0 Å². The van der Waals surface area contributed by atoms with Gasteiger partial charge in [-0.25, -0.2) is 8.42 Å². The smallest absolute Gasteiger partial charge is 0.251 e. The van der Waals surface area contributed by atoms with E-state index in [9.17, 15) is 13.2 Å². The molecule has 0 heterocycles. The topological polar surface area (TPSA) is 63.2 Å².